The van der Waals surface area contributed by atoms with Gasteiger partial charge >= 0.3 is 0 Å². The van der Waals surface area contributed by atoms with Crippen molar-refractivity contribution in [3.8, 4) is 56.5 Å². The van der Waals surface area contributed by atoms with Gasteiger partial charge < -0.3 is 10.2 Å². The van der Waals surface area contributed by atoms with Gasteiger partial charge in [0.2, 0.25) is 0 Å². The van der Waals surface area contributed by atoms with E-state index in [4.69, 9.17) is 9.97 Å². The molecule has 3 aromatic carbocycles. The monoisotopic (exact) mass is 746 g/mol. The van der Waals surface area contributed by atoms with Crippen LogP contribution in [0.4, 0.5) is 0 Å². The molecule has 0 spiro atoms. The molecule has 0 fully saturated rings. The molecule has 6 nitrogen and oxygen atoms in total. The minimum absolute atomic E-state index is 0. The van der Waals surface area contributed by atoms with Crippen LogP contribution in [0.1, 0.15) is 52.7 Å². The smallest absolute Gasteiger partial charge is 0.134 e. The summed E-state index contributed by atoms with van der Waals surface area (Å²) in [5.74, 6) is 0.266. The van der Waals surface area contributed by atoms with Crippen LogP contribution >= 0.6 is 0 Å². The van der Waals surface area contributed by atoms with E-state index in [2.05, 4.69) is 51.5 Å². The molecule has 4 heterocycles. The van der Waals surface area contributed by atoms with E-state index in [-0.39, 0.29) is 55.3 Å². The van der Waals surface area contributed by atoms with Crippen LogP contribution < -0.4 is 0 Å². The summed E-state index contributed by atoms with van der Waals surface area (Å²) in [6.07, 6.45) is 3.46. The average Bonchev–Trinajstić information content (AvgIpc) is 3.07. The zero-order valence-electron chi connectivity index (χ0n) is 28.7. The third-order valence-corrected chi connectivity index (χ3v) is 8.91. The predicted octanol–water partition coefficient (Wildman–Crippen LogP) is 10.2. The van der Waals surface area contributed by atoms with Crippen molar-refractivity contribution in [3.63, 3.8) is 0 Å². The molecule has 0 amide bonds. The van der Waals surface area contributed by atoms with Crippen LogP contribution in [-0.4, -0.2) is 30.1 Å². The second-order valence-electron chi connectivity index (χ2n) is 14.4. The second kappa shape index (κ2) is 13.9. The standard InChI is InChI=1S/C42H38N4O2.2Ni/c1-41(2,3)27-21-29(33-11-7-9-19-43-33)39(47)31(23-27)35-17-15-25-13-14-26-16-18-36(46-38(26)37(25)45-35)32-24-28(42(4,5)6)22-30(40(32)48)34-12-8-10-20-44-34;;/h7-24,47-48H,1-6H3;;. The number of fused-ring (bicyclic) bond motifs is 3. The molecule has 0 aliphatic carbocycles. The Labute approximate surface area is 313 Å². The van der Waals surface area contributed by atoms with Gasteiger partial charge in [-0.15, -0.1) is 0 Å². The molecule has 8 heteroatoms. The van der Waals surface area contributed by atoms with Crippen LogP contribution in [0.2, 0.25) is 0 Å². The molecular formula is C42H38N4Ni2O2. The fourth-order valence-corrected chi connectivity index (χ4v) is 6.03. The normalized spacial score (nSPS) is 11.6. The molecule has 0 saturated carbocycles. The third-order valence-electron chi connectivity index (χ3n) is 8.91. The van der Waals surface area contributed by atoms with Gasteiger partial charge in [-0.05, 0) is 82.6 Å². The van der Waals surface area contributed by atoms with E-state index in [9.17, 15) is 10.2 Å². The van der Waals surface area contributed by atoms with Crippen LogP contribution in [0.5, 0.6) is 11.5 Å². The Balaban J connectivity index is 0.00000243. The maximum absolute atomic E-state index is 11.7. The summed E-state index contributed by atoms with van der Waals surface area (Å²) in [5.41, 5.74) is 8.46. The van der Waals surface area contributed by atoms with Gasteiger partial charge in [-0.1, -0.05) is 77.9 Å². The van der Waals surface area contributed by atoms with Gasteiger partial charge in [0.25, 0.3) is 0 Å². The Kier molecular flexibility index (Phi) is 10.2. The molecule has 0 unspecified atom stereocenters. The first kappa shape index (κ1) is 36.6. The number of phenols is 2. The van der Waals surface area contributed by atoms with E-state index >= 15 is 0 Å². The summed E-state index contributed by atoms with van der Waals surface area (Å²) < 4.78 is 0. The molecule has 0 aliphatic heterocycles. The van der Waals surface area contributed by atoms with Crippen LogP contribution in [0.25, 0.3) is 66.8 Å². The molecule has 0 aliphatic rings. The number of hydrogen-bond acceptors (Lipinski definition) is 6. The predicted molar refractivity (Wildman–Crippen MR) is 195 cm³/mol. The van der Waals surface area contributed by atoms with Gasteiger partial charge in [-0.3, -0.25) is 9.97 Å². The first-order valence-electron chi connectivity index (χ1n) is 16.2. The third kappa shape index (κ3) is 6.88. The number of phenolic OH excluding ortho intramolecular Hbond substituents is 2. The molecule has 4 aromatic heterocycles. The van der Waals surface area contributed by atoms with Crippen molar-refractivity contribution in [1.82, 2.24) is 19.9 Å². The SMILES string of the molecule is CC(C)(C)c1cc(-c2ccccn2)c(O)c(-c2ccc3ccc4ccc(-c5cc(C(C)(C)C)cc(-c6ccccn6)c5O)nc4c3n2)c1.[Ni].[Ni]. The topological polar surface area (TPSA) is 92.0 Å². The Morgan fingerprint density at radius 1 is 0.440 bits per heavy atom. The first-order chi connectivity index (χ1) is 22.9. The number of nitrogens with zero attached hydrogens (tertiary/aromatic N) is 4. The number of aromatic hydroxyl groups is 2. The number of aromatic nitrogens is 4. The van der Waals surface area contributed by atoms with Crippen molar-refractivity contribution in [2.24, 2.45) is 0 Å². The molecule has 258 valence electrons. The number of pyridine rings is 4. The summed E-state index contributed by atoms with van der Waals surface area (Å²) >= 11 is 0. The van der Waals surface area contributed by atoms with E-state index in [1.807, 2.05) is 97.1 Å². The summed E-state index contributed by atoms with van der Waals surface area (Å²) in [6, 6.07) is 31.5. The second-order valence-corrected chi connectivity index (χ2v) is 14.4. The molecule has 7 rings (SSSR count). The van der Waals surface area contributed by atoms with Gasteiger partial charge in [0.05, 0.1) is 33.8 Å². The van der Waals surface area contributed by atoms with E-state index in [0.29, 0.717) is 56.1 Å². The molecule has 0 bridgehead atoms. The Hall–Kier alpha value is -4.63. The Bertz CT molecular complexity index is 2170. The largest absolute Gasteiger partial charge is 0.507 e. The molecule has 50 heavy (non-hydrogen) atoms. The Morgan fingerprint density at radius 2 is 0.780 bits per heavy atom. The van der Waals surface area contributed by atoms with Gasteiger partial charge in [-0.25, -0.2) is 9.97 Å². The van der Waals surface area contributed by atoms with Crippen LogP contribution in [0, 0.1) is 0 Å². The van der Waals surface area contributed by atoms with Crippen molar-refractivity contribution >= 4 is 21.8 Å². The minimum atomic E-state index is -0.177. The average molecular weight is 748 g/mol. The summed E-state index contributed by atoms with van der Waals surface area (Å²) in [7, 11) is 0. The van der Waals surface area contributed by atoms with E-state index in [1.165, 1.54) is 0 Å². The van der Waals surface area contributed by atoms with Crippen molar-refractivity contribution < 1.29 is 43.2 Å². The molecule has 0 atom stereocenters. The zero-order valence-corrected chi connectivity index (χ0v) is 30.7. The van der Waals surface area contributed by atoms with Crippen molar-refractivity contribution in [1.29, 1.82) is 0 Å². The Morgan fingerprint density at radius 3 is 1.10 bits per heavy atom. The first-order valence-corrected chi connectivity index (χ1v) is 16.2. The zero-order chi connectivity index (χ0) is 33.8. The van der Waals surface area contributed by atoms with Gasteiger partial charge in [-0.2, -0.15) is 0 Å². The van der Waals surface area contributed by atoms with Gasteiger partial charge in [0.15, 0.2) is 0 Å². The van der Waals surface area contributed by atoms with Crippen molar-refractivity contribution in [2.75, 3.05) is 0 Å². The van der Waals surface area contributed by atoms with Crippen LogP contribution in [0.3, 0.4) is 0 Å². The molecule has 2 N–H and O–H groups in total. The molecule has 0 saturated heterocycles. The number of benzene rings is 3. The quantitative estimate of drug-likeness (QED) is 0.138. The van der Waals surface area contributed by atoms with E-state index in [0.717, 1.165) is 21.9 Å². The van der Waals surface area contributed by atoms with Gasteiger partial charge in [0.1, 0.15) is 11.5 Å². The molecular weight excluding hydrogens is 710 g/mol. The van der Waals surface area contributed by atoms with Crippen LogP contribution in [-0.2, 0) is 43.8 Å². The van der Waals surface area contributed by atoms with E-state index < -0.39 is 0 Å². The maximum atomic E-state index is 11.7. The number of hydrogen-bond donors (Lipinski definition) is 2. The van der Waals surface area contributed by atoms with E-state index in [1.54, 1.807) is 12.4 Å². The summed E-state index contributed by atoms with van der Waals surface area (Å²) in [6.45, 7) is 12.9. The maximum Gasteiger partial charge on any atom is 0.134 e. The van der Waals surface area contributed by atoms with Crippen molar-refractivity contribution in [3.05, 3.63) is 121 Å². The minimum Gasteiger partial charge on any atom is -0.507 e. The van der Waals surface area contributed by atoms with Crippen LogP contribution in [0.15, 0.2) is 109 Å². The fraction of sp³-hybridized carbons (Fsp3) is 0.190. The molecule has 7 aromatic rings. The number of rotatable bonds is 4. The summed E-state index contributed by atoms with van der Waals surface area (Å²) in [4.78, 5) is 19.4. The summed E-state index contributed by atoms with van der Waals surface area (Å²) in [5, 5.41) is 25.2. The fourth-order valence-electron chi connectivity index (χ4n) is 6.03. The van der Waals surface area contributed by atoms with Gasteiger partial charge in [0, 0.05) is 78.4 Å². The molecule has 0 radical (unpaired) electrons. The van der Waals surface area contributed by atoms with Crippen molar-refractivity contribution in [2.45, 2.75) is 52.4 Å².